The molecule has 4 saturated carbocycles. The van der Waals surface area contributed by atoms with Gasteiger partial charge < -0.3 is 5.32 Å². The van der Waals surface area contributed by atoms with Crippen LogP contribution in [0.3, 0.4) is 0 Å². The number of benzene rings is 1. The highest BCUT2D eigenvalue weighted by molar-refractivity contribution is 9.10. The molecule has 1 N–H and O–H groups in total. The van der Waals surface area contributed by atoms with E-state index in [0.717, 1.165) is 29.3 Å². The fourth-order valence-electron chi connectivity index (χ4n) is 5.50. The van der Waals surface area contributed by atoms with Gasteiger partial charge >= 0.3 is 0 Å². The summed E-state index contributed by atoms with van der Waals surface area (Å²) < 4.78 is 15.8. The van der Waals surface area contributed by atoms with Gasteiger partial charge in [0.1, 0.15) is 5.67 Å². The van der Waals surface area contributed by atoms with Crippen LogP contribution in [0.1, 0.15) is 51.5 Å². The normalized spacial score (nSPS) is 37.5. The van der Waals surface area contributed by atoms with Crippen LogP contribution in [-0.4, -0.2) is 17.6 Å². The number of hydrogen-bond acceptors (Lipinski definition) is 1. The molecule has 2 nitrogen and oxygen atoms in total. The molecule has 0 aromatic heterocycles. The number of hydrogen-bond donors (Lipinski definition) is 1. The summed E-state index contributed by atoms with van der Waals surface area (Å²) >= 11 is 3.49. The Bertz CT molecular complexity index is 657. The molecule has 1 aromatic carbocycles. The zero-order valence-electron chi connectivity index (χ0n) is 14.3. The van der Waals surface area contributed by atoms with Crippen LogP contribution in [0.15, 0.2) is 28.7 Å². The topological polar surface area (TPSA) is 29.1 Å². The molecule has 4 fully saturated rings. The Hall–Kier alpha value is -0.900. The second-order valence-electron chi connectivity index (χ2n) is 8.76. The second kappa shape index (κ2) is 5.55. The molecule has 0 spiro atoms. The maximum Gasteiger partial charge on any atom is 0.230 e. The summed E-state index contributed by atoms with van der Waals surface area (Å²) in [5.74, 6) is 1.25. The Kier molecular flexibility index (Phi) is 3.83. The first-order valence-corrected chi connectivity index (χ1v) is 9.82. The SMILES string of the molecule is CC(C)(C(=O)NC1[C@@H]2CC3C[C@H]1CC(F)(C3)C2)c1cccc(Br)c1. The van der Waals surface area contributed by atoms with Crippen LogP contribution in [-0.2, 0) is 10.2 Å². The molecule has 3 unspecified atom stereocenters. The number of alkyl halides is 1. The number of rotatable bonds is 3. The van der Waals surface area contributed by atoms with Crippen LogP contribution >= 0.6 is 15.9 Å². The van der Waals surface area contributed by atoms with E-state index in [1.807, 2.05) is 38.1 Å². The van der Waals surface area contributed by atoms with Crippen molar-refractivity contribution in [2.45, 2.75) is 63.1 Å². The van der Waals surface area contributed by atoms with E-state index in [0.29, 0.717) is 30.6 Å². The molecule has 1 aromatic rings. The average Bonchev–Trinajstić information content (AvgIpc) is 2.49. The molecule has 0 saturated heterocycles. The summed E-state index contributed by atoms with van der Waals surface area (Å²) in [5.41, 5.74) is -0.538. The van der Waals surface area contributed by atoms with E-state index in [2.05, 4.69) is 21.2 Å². The molecular formula is C20H25BrFNO. The van der Waals surface area contributed by atoms with Crippen molar-refractivity contribution in [3.8, 4) is 0 Å². The molecule has 1 amide bonds. The van der Waals surface area contributed by atoms with Crippen LogP contribution in [0.4, 0.5) is 4.39 Å². The molecule has 0 aliphatic heterocycles. The predicted molar refractivity (Wildman–Crippen MR) is 96.5 cm³/mol. The van der Waals surface area contributed by atoms with Crippen molar-refractivity contribution >= 4 is 21.8 Å². The molecular weight excluding hydrogens is 369 g/mol. The first-order valence-electron chi connectivity index (χ1n) is 9.03. The third kappa shape index (κ3) is 2.71. The summed E-state index contributed by atoms with van der Waals surface area (Å²) in [4.78, 5) is 13.0. The fourth-order valence-corrected chi connectivity index (χ4v) is 5.90. The number of carbonyl (C=O) groups excluding carboxylic acids is 1. The summed E-state index contributed by atoms with van der Waals surface area (Å²) in [6.07, 6.45) is 4.21. The Morgan fingerprint density at radius 2 is 1.92 bits per heavy atom. The Balaban J connectivity index is 1.52. The second-order valence-corrected chi connectivity index (χ2v) is 9.67. The molecule has 4 aliphatic carbocycles. The van der Waals surface area contributed by atoms with Crippen molar-refractivity contribution in [1.29, 1.82) is 0 Å². The van der Waals surface area contributed by atoms with E-state index in [-0.39, 0.29) is 11.9 Å². The third-order valence-corrected chi connectivity index (χ3v) is 7.10. The number of halogens is 2. The lowest BCUT2D eigenvalue weighted by atomic mass is 9.53. The van der Waals surface area contributed by atoms with Crippen LogP contribution in [0.25, 0.3) is 0 Å². The highest BCUT2D eigenvalue weighted by Crippen LogP contribution is 2.57. The smallest absolute Gasteiger partial charge is 0.230 e. The standard InChI is InChI=1S/C20H25BrFNO/c1-19(2,15-4-3-5-16(21)8-15)18(24)23-17-13-6-12-7-14(17)11-20(22,9-12)10-13/h3-5,8,12-14,17H,6-7,9-11H2,1-2H3,(H,23,24)/t12?,13-,14+,17?,20?. The third-order valence-electron chi connectivity index (χ3n) is 6.61. The van der Waals surface area contributed by atoms with Crippen molar-refractivity contribution in [2.24, 2.45) is 17.8 Å². The molecule has 5 atom stereocenters. The lowest BCUT2D eigenvalue weighted by Crippen LogP contribution is -2.61. The van der Waals surface area contributed by atoms with E-state index in [1.54, 1.807) is 0 Å². The number of amides is 1. The lowest BCUT2D eigenvalue weighted by molar-refractivity contribution is -0.134. The minimum Gasteiger partial charge on any atom is -0.352 e. The minimum absolute atomic E-state index is 0.0611. The molecule has 5 rings (SSSR count). The summed E-state index contributed by atoms with van der Waals surface area (Å²) in [6, 6.07) is 8.09. The first-order chi connectivity index (χ1) is 11.3. The van der Waals surface area contributed by atoms with Crippen LogP contribution in [0, 0.1) is 17.8 Å². The molecule has 0 radical (unpaired) electrons. The van der Waals surface area contributed by atoms with Crippen molar-refractivity contribution in [3.05, 3.63) is 34.3 Å². The summed E-state index contributed by atoms with van der Waals surface area (Å²) in [5, 5.41) is 3.32. The summed E-state index contributed by atoms with van der Waals surface area (Å²) in [7, 11) is 0. The maximum atomic E-state index is 14.8. The van der Waals surface area contributed by atoms with Crippen LogP contribution < -0.4 is 5.32 Å². The number of carbonyl (C=O) groups is 1. The van der Waals surface area contributed by atoms with Gasteiger partial charge in [-0.2, -0.15) is 0 Å². The number of nitrogens with one attached hydrogen (secondary N) is 1. The highest BCUT2D eigenvalue weighted by atomic mass is 79.9. The van der Waals surface area contributed by atoms with E-state index < -0.39 is 11.1 Å². The molecule has 0 heterocycles. The highest BCUT2D eigenvalue weighted by Gasteiger charge is 2.56. The average molecular weight is 394 g/mol. The van der Waals surface area contributed by atoms with Gasteiger partial charge in [0.25, 0.3) is 0 Å². The van der Waals surface area contributed by atoms with Gasteiger partial charge in [0, 0.05) is 10.5 Å². The van der Waals surface area contributed by atoms with Gasteiger partial charge in [0.2, 0.25) is 5.91 Å². The molecule has 4 aliphatic rings. The van der Waals surface area contributed by atoms with Crippen molar-refractivity contribution in [1.82, 2.24) is 5.32 Å². The molecule has 24 heavy (non-hydrogen) atoms. The quantitative estimate of drug-likeness (QED) is 0.787. The van der Waals surface area contributed by atoms with E-state index in [1.165, 1.54) is 0 Å². The van der Waals surface area contributed by atoms with Gasteiger partial charge in [-0.15, -0.1) is 0 Å². The van der Waals surface area contributed by atoms with E-state index in [9.17, 15) is 9.18 Å². The zero-order chi connectivity index (χ0) is 17.1. The van der Waals surface area contributed by atoms with E-state index >= 15 is 0 Å². The minimum atomic E-state index is -0.947. The van der Waals surface area contributed by atoms with Crippen LogP contribution in [0.2, 0.25) is 0 Å². The zero-order valence-corrected chi connectivity index (χ0v) is 15.9. The van der Waals surface area contributed by atoms with Crippen molar-refractivity contribution < 1.29 is 9.18 Å². The Morgan fingerprint density at radius 3 is 2.50 bits per heavy atom. The predicted octanol–water partition coefficient (Wildman–Crippen LogP) is 4.76. The van der Waals surface area contributed by atoms with Gasteiger partial charge in [-0.1, -0.05) is 28.1 Å². The molecule has 4 bridgehead atoms. The van der Waals surface area contributed by atoms with Gasteiger partial charge in [-0.25, -0.2) is 4.39 Å². The van der Waals surface area contributed by atoms with Gasteiger partial charge in [-0.05, 0) is 81.4 Å². The van der Waals surface area contributed by atoms with Crippen molar-refractivity contribution in [3.63, 3.8) is 0 Å². The largest absolute Gasteiger partial charge is 0.352 e. The van der Waals surface area contributed by atoms with Crippen LogP contribution in [0.5, 0.6) is 0 Å². The molecule has 4 heteroatoms. The summed E-state index contributed by atoms with van der Waals surface area (Å²) in [6.45, 7) is 3.94. The Morgan fingerprint density at radius 1 is 1.25 bits per heavy atom. The Labute approximate surface area is 151 Å². The van der Waals surface area contributed by atoms with Gasteiger partial charge in [0.05, 0.1) is 5.41 Å². The maximum absolute atomic E-state index is 14.8. The monoisotopic (exact) mass is 393 g/mol. The first kappa shape index (κ1) is 16.6. The fraction of sp³-hybridized carbons (Fsp3) is 0.650. The molecule has 130 valence electrons. The lowest BCUT2D eigenvalue weighted by Gasteiger charge is -2.57. The van der Waals surface area contributed by atoms with Gasteiger partial charge in [-0.3, -0.25) is 4.79 Å². The van der Waals surface area contributed by atoms with E-state index in [4.69, 9.17) is 0 Å². The van der Waals surface area contributed by atoms with Crippen molar-refractivity contribution in [2.75, 3.05) is 0 Å². The van der Waals surface area contributed by atoms with Gasteiger partial charge in [0.15, 0.2) is 0 Å².